The van der Waals surface area contributed by atoms with Crippen LogP contribution in [0.3, 0.4) is 0 Å². The zero-order valence-corrected chi connectivity index (χ0v) is 10.7. The molecule has 5 heteroatoms. The van der Waals surface area contributed by atoms with E-state index in [0.717, 1.165) is 11.3 Å². The van der Waals surface area contributed by atoms with E-state index in [4.69, 9.17) is 10.9 Å². The Kier molecular flexibility index (Phi) is 4.02. The van der Waals surface area contributed by atoms with Gasteiger partial charge in [-0.05, 0) is 18.9 Å². The molecule has 0 saturated heterocycles. The van der Waals surface area contributed by atoms with Crippen molar-refractivity contribution in [1.29, 1.82) is 0 Å². The first kappa shape index (κ1) is 12.7. The second-order valence-corrected chi connectivity index (χ2v) is 4.78. The molecule has 5 nitrogen and oxygen atoms in total. The molecule has 0 spiro atoms. The fourth-order valence-electron chi connectivity index (χ4n) is 2.60. The van der Waals surface area contributed by atoms with Crippen LogP contribution in [0.25, 0.3) is 0 Å². The van der Waals surface area contributed by atoms with Crippen molar-refractivity contribution >= 4 is 11.5 Å². The van der Waals surface area contributed by atoms with E-state index in [1.807, 2.05) is 0 Å². The van der Waals surface area contributed by atoms with Crippen molar-refractivity contribution in [3.8, 4) is 0 Å². The van der Waals surface area contributed by atoms with Crippen molar-refractivity contribution in [2.24, 2.45) is 10.9 Å². The number of pyridine rings is 1. The van der Waals surface area contributed by atoms with Crippen LogP contribution in [0, 0.1) is 0 Å². The van der Waals surface area contributed by atoms with Gasteiger partial charge < -0.3 is 15.8 Å². The highest BCUT2D eigenvalue weighted by atomic mass is 16.4. The van der Waals surface area contributed by atoms with Gasteiger partial charge in [-0.1, -0.05) is 24.4 Å². The number of hydrogen-bond acceptors (Lipinski definition) is 4. The Morgan fingerprint density at radius 2 is 2.17 bits per heavy atom. The van der Waals surface area contributed by atoms with Gasteiger partial charge in [0.2, 0.25) is 0 Å². The van der Waals surface area contributed by atoms with Gasteiger partial charge in [0.25, 0.3) is 0 Å². The normalized spacial score (nSPS) is 17.7. The van der Waals surface area contributed by atoms with Gasteiger partial charge in [0, 0.05) is 24.8 Å². The van der Waals surface area contributed by atoms with Gasteiger partial charge in [0.15, 0.2) is 5.84 Å². The van der Waals surface area contributed by atoms with Crippen LogP contribution < -0.4 is 10.6 Å². The van der Waals surface area contributed by atoms with Crippen molar-refractivity contribution < 1.29 is 5.21 Å². The average Bonchev–Trinajstić information content (AvgIpc) is 2.46. The summed E-state index contributed by atoms with van der Waals surface area (Å²) in [7, 11) is 2.06. The Balaban J connectivity index is 2.26. The van der Waals surface area contributed by atoms with E-state index in [1.165, 1.54) is 32.1 Å². The average molecular weight is 248 g/mol. The Morgan fingerprint density at radius 1 is 1.44 bits per heavy atom. The van der Waals surface area contributed by atoms with Gasteiger partial charge >= 0.3 is 0 Å². The molecule has 0 bridgehead atoms. The lowest BCUT2D eigenvalue weighted by Gasteiger charge is -2.33. The van der Waals surface area contributed by atoms with Gasteiger partial charge in [0.05, 0.1) is 11.9 Å². The fourth-order valence-corrected chi connectivity index (χ4v) is 2.60. The van der Waals surface area contributed by atoms with Crippen molar-refractivity contribution in [3.63, 3.8) is 0 Å². The highest BCUT2D eigenvalue weighted by Gasteiger charge is 2.21. The summed E-state index contributed by atoms with van der Waals surface area (Å²) in [6.07, 6.45) is 9.70. The van der Waals surface area contributed by atoms with E-state index in [2.05, 4.69) is 22.1 Å². The highest BCUT2D eigenvalue weighted by molar-refractivity contribution is 6.02. The molecule has 1 aliphatic carbocycles. The second-order valence-electron chi connectivity index (χ2n) is 4.78. The summed E-state index contributed by atoms with van der Waals surface area (Å²) >= 11 is 0. The quantitative estimate of drug-likeness (QED) is 0.371. The predicted molar refractivity (Wildman–Crippen MR) is 72.0 cm³/mol. The van der Waals surface area contributed by atoms with Crippen LogP contribution >= 0.6 is 0 Å². The predicted octanol–water partition coefficient (Wildman–Crippen LogP) is 1.95. The fraction of sp³-hybridized carbons (Fsp3) is 0.538. The number of nitrogens with zero attached hydrogens (tertiary/aromatic N) is 3. The van der Waals surface area contributed by atoms with Crippen LogP contribution in [0.5, 0.6) is 0 Å². The first-order valence-electron chi connectivity index (χ1n) is 6.38. The molecule has 0 unspecified atom stereocenters. The summed E-state index contributed by atoms with van der Waals surface area (Å²) in [5.41, 5.74) is 7.37. The summed E-state index contributed by atoms with van der Waals surface area (Å²) in [5, 5.41) is 11.9. The van der Waals surface area contributed by atoms with Crippen molar-refractivity contribution in [2.45, 2.75) is 38.1 Å². The molecule has 0 radical (unpaired) electrons. The van der Waals surface area contributed by atoms with E-state index in [1.54, 1.807) is 18.5 Å². The van der Waals surface area contributed by atoms with Crippen molar-refractivity contribution in [2.75, 3.05) is 11.9 Å². The lowest BCUT2D eigenvalue weighted by molar-refractivity contribution is 0.318. The molecule has 0 atom stereocenters. The number of amidine groups is 1. The Bertz CT molecular complexity index is 427. The smallest absolute Gasteiger partial charge is 0.172 e. The molecule has 1 fully saturated rings. The second kappa shape index (κ2) is 5.71. The minimum Gasteiger partial charge on any atom is -0.409 e. The van der Waals surface area contributed by atoms with Gasteiger partial charge in [-0.2, -0.15) is 0 Å². The number of hydrogen-bond donors (Lipinski definition) is 2. The van der Waals surface area contributed by atoms with Crippen molar-refractivity contribution in [3.05, 3.63) is 24.0 Å². The SMILES string of the molecule is CN(c1cnccc1/C(N)=N/O)C1CCCCC1. The maximum atomic E-state index is 8.83. The van der Waals surface area contributed by atoms with E-state index < -0.39 is 0 Å². The molecular weight excluding hydrogens is 228 g/mol. The minimum atomic E-state index is 0.134. The topological polar surface area (TPSA) is 74.7 Å². The van der Waals surface area contributed by atoms with Crippen LogP contribution in [0.2, 0.25) is 0 Å². The Hall–Kier alpha value is -1.78. The molecule has 0 aromatic carbocycles. The number of anilines is 1. The van der Waals surface area contributed by atoms with Crippen LogP contribution in [-0.4, -0.2) is 29.1 Å². The molecule has 0 aliphatic heterocycles. The van der Waals surface area contributed by atoms with E-state index in [9.17, 15) is 0 Å². The van der Waals surface area contributed by atoms with E-state index >= 15 is 0 Å². The lowest BCUT2D eigenvalue weighted by Crippen LogP contribution is -2.35. The Morgan fingerprint density at radius 3 is 2.83 bits per heavy atom. The monoisotopic (exact) mass is 248 g/mol. The number of aromatic nitrogens is 1. The van der Waals surface area contributed by atoms with Gasteiger partial charge in [-0.25, -0.2) is 0 Å². The molecule has 2 rings (SSSR count). The van der Waals surface area contributed by atoms with Gasteiger partial charge in [-0.3, -0.25) is 4.98 Å². The van der Waals surface area contributed by atoms with Gasteiger partial charge in [0.1, 0.15) is 0 Å². The molecule has 3 N–H and O–H groups in total. The third-order valence-corrected chi connectivity index (χ3v) is 3.69. The maximum Gasteiger partial charge on any atom is 0.172 e. The van der Waals surface area contributed by atoms with Gasteiger partial charge in [-0.15, -0.1) is 0 Å². The summed E-state index contributed by atoms with van der Waals surface area (Å²) in [6.45, 7) is 0. The van der Waals surface area contributed by atoms with Crippen LogP contribution in [0.15, 0.2) is 23.6 Å². The summed E-state index contributed by atoms with van der Waals surface area (Å²) < 4.78 is 0. The third-order valence-electron chi connectivity index (χ3n) is 3.69. The first-order chi connectivity index (χ1) is 8.74. The lowest BCUT2D eigenvalue weighted by atomic mass is 9.94. The van der Waals surface area contributed by atoms with Crippen LogP contribution in [0.4, 0.5) is 5.69 Å². The first-order valence-corrected chi connectivity index (χ1v) is 6.38. The highest BCUT2D eigenvalue weighted by Crippen LogP contribution is 2.27. The molecule has 18 heavy (non-hydrogen) atoms. The summed E-state index contributed by atoms with van der Waals surface area (Å²) in [5.74, 6) is 0.134. The third kappa shape index (κ3) is 2.55. The minimum absolute atomic E-state index is 0.134. The molecule has 1 aromatic rings. The summed E-state index contributed by atoms with van der Waals surface area (Å²) in [4.78, 5) is 6.35. The van der Waals surface area contributed by atoms with Crippen molar-refractivity contribution in [1.82, 2.24) is 4.98 Å². The maximum absolute atomic E-state index is 8.83. The molecule has 1 aromatic heterocycles. The van der Waals surface area contributed by atoms with Crippen LogP contribution in [0.1, 0.15) is 37.7 Å². The molecule has 0 amide bonds. The zero-order valence-electron chi connectivity index (χ0n) is 10.7. The standard InChI is InChI=1S/C13H20N4O/c1-17(10-5-3-2-4-6-10)12-9-15-8-7-11(12)13(14)16-18/h7-10,18H,2-6H2,1H3,(H2,14,16). The summed E-state index contributed by atoms with van der Waals surface area (Å²) in [6, 6.07) is 2.30. The zero-order chi connectivity index (χ0) is 13.0. The largest absolute Gasteiger partial charge is 0.409 e. The molecule has 1 heterocycles. The number of oxime groups is 1. The van der Waals surface area contributed by atoms with E-state index in [-0.39, 0.29) is 5.84 Å². The molecule has 98 valence electrons. The molecule has 1 aliphatic rings. The van der Waals surface area contributed by atoms with E-state index in [0.29, 0.717) is 6.04 Å². The Labute approximate surface area is 107 Å². The number of rotatable bonds is 3. The molecule has 1 saturated carbocycles. The number of nitrogens with two attached hydrogens (primary N) is 1. The molecular formula is C13H20N4O. The van der Waals surface area contributed by atoms with Crippen LogP contribution in [-0.2, 0) is 0 Å².